The highest BCUT2D eigenvalue weighted by atomic mass is 32.1. The van der Waals surface area contributed by atoms with E-state index in [0.717, 1.165) is 10.8 Å². The Morgan fingerprint density at radius 1 is 1.25 bits per heavy atom. The van der Waals surface area contributed by atoms with E-state index < -0.39 is 0 Å². The maximum atomic E-state index is 12.3. The Morgan fingerprint density at radius 3 is 2.75 bits per heavy atom. The Bertz CT molecular complexity index is 827. The lowest BCUT2D eigenvalue weighted by atomic mass is 10.2. The van der Waals surface area contributed by atoms with Crippen LogP contribution in [-0.2, 0) is 11.2 Å². The minimum absolute atomic E-state index is 0.161. The number of carbonyl (C=O) groups is 1. The summed E-state index contributed by atoms with van der Waals surface area (Å²) in [6.45, 7) is 0. The van der Waals surface area contributed by atoms with Gasteiger partial charge >= 0.3 is 0 Å². The number of carbonyl (C=O) groups excluding carboxylic acids is 1. The fourth-order valence-corrected chi connectivity index (χ4v) is 3.02. The van der Waals surface area contributed by atoms with Gasteiger partial charge in [0.15, 0.2) is 5.13 Å². The Labute approximate surface area is 143 Å². The first kappa shape index (κ1) is 16.1. The summed E-state index contributed by atoms with van der Waals surface area (Å²) >= 11 is 1.50. The number of nitrogens with one attached hydrogen (secondary N) is 1. The summed E-state index contributed by atoms with van der Waals surface area (Å²) in [6.07, 6.45) is 4.03. The molecular formula is C17H17N3O3S. The van der Waals surface area contributed by atoms with E-state index in [4.69, 9.17) is 9.47 Å². The van der Waals surface area contributed by atoms with Gasteiger partial charge in [-0.2, -0.15) is 0 Å². The molecule has 3 aromatic rings. The summed E-state index contributed by atoms with van der Waals surface area (Å²) in [4.78, 5) is 16.8. The summed E-state index contributed by atoms with van der Waals surface area (Å²) in [5, 5.41) is 5.56. The topological polar surface area (TPSA) is 65.4 Å². The molecule has 1 N–H and O–H groups in total. The molecule has 0 spiro atoms. The quantitative estimate of drug-likeness (QED) is 0.747. The van der Waals surface area contributed by atoms with Gasteiger partial charge in [0.2, 0.25) is 5.91 Å². The van der Waals surface area contributed by atoms with E-state index >= 15 is 0 Å². The number of anilines is 1. The van der Waals surface area contributed by atoms with Crippen molar-refractivity contribution in [1.82, 2.24) is 9.55 Å². The van der Waals surface area contributed by atoms with E-state index in [1.165, 1.54) is 11.3 Å². The lowest BCUT2D eigenvalue weighted by molar-refractivity contribution is -0.115. The molecule has 7 heteroatoms. The van der Waals surface area contributed by atoms with Crippen molar-refractivity contribution < 1.29 is 14.3 Å². The Hall–Kier alpha value is -2.80. The molecule has 1 aromatic carbocycles. The third-order valence-corrected chi connectivity index (χ3v) is 4.29. The number of thiazole rings is 1. The molecule has 2 aromatic heterocycles. The summed E-state index contributed by atoms with van der Waals surface area (Å²) in [5.41, 5.74) is 1.30. The highest BCUT2D eigenvalue weighted by Crippen LogP contribution is 2.29. The van der Waals surface area contributed by atoms with Gasteiger partial charge in [0.1, 0.15) is 11.5 Å². The van der Waals surface area contributed by atoms with Crippen molar-refractivity contribution >= 4 is 22.9 Å². The maximum absolute atomic E-state index is 12.3. The third kappa shape index (κ3) is 3.57. The fraction of sp³-hybridized carbons (Fsp3) is 0.176. The number of methoxy groups -OCH3 is 2. The van der Waals surface area contributed by atoms with E-state index in [9.17, 15) is 4.79 Å². The van der Waals surface area contributed by atoms with Crippen molar-refractivity contribution in [2.75, 3.05) is 19.5 Å². The first-order valence-electron chi connectivity index (χ1n) is 7.29. The van der Waals surface area contributed by atoms with Crippen LogP contribution in [0.4, 0.5) is 5.69 Å². The molecule has 24 heavy (non-hydrogen) atoms. The zero-order chi connectivity index (χ0) is 16.9. The molecule has 0 radical (unpaired) electrons. The van der Waals surface area contributed by atoms with E-state index in [2.05, 4.69) is 10.3 Å². The first-order chi connectivity index (χ1) is 11.7. The van der Waals surface area contributed by atoms with Crippen LogP contribution in [0, 0.1) is 0 Å². The van der Waals surface area contributed by atoms with Crippen LogP contribution >= 0.6 is 11.3 Å². The maximum Gasteiger partial charge on any atom is 0.230 e. The summed E-state index contributed by atoms with van der Waals surface area (Å²) in [7, 11) is 3.13. The first-order valence-corrected chi connectivity index (χ1v) is 8.17. The molecule has 0 bridgehead atoms. The van der Waals surface area contributed by atoms with Gasteiger partial charge in [-0.1, -0.05) is 0 Å². The Kier molecular flexibility index (Phi) is 4.81. The standard InChI is InChI=1S/C17H17N3O3S/c1-22-13-5-6-15(23-2)14(10-13)19-16(21)9-12-11-24-17(18-12)20-7-3-4-8-20/h3-8,10-11H,9H2,1-2H3,(H,19,21). The normalized spacial score (nSPS) is 10.4. The van der Waals surface area contributed by atoms with E-state index in [0.29, 0.717) is 17.2 Å². The monoisotopic (exact) mass is 343 g/mol. The zero-order valence-corrected chi connectivity index (χ0v) is 14.2. The summed E-state index contributed by atoms with van der Waals surface area (Å²) in [5.74, 6) is 1.07. The summed E-state index contributed by atoms with van der Waals surface area (Å²) in [6, 6.07) is 9.12. The number of hydrogen-bond acceptors (Lipinski definition) is 5. The molecule has 6 nitrogen and oxygen atoms in total. The predicted octanol–water partition coefficient (Wildman–Crippen LogP) is 3.13. The van der Waals surface area contributed by atoms with Crippen LogP contribution < -0.4 is 14.8 Å². The number of nitrogens with zero attached hydrogens (tertiary/aromatic N) is 2. The zero-order valence-electron chi connectivity index (χ0n) is 13.4. The van der Waals surface area contributed by atoms with Crippen LogP contribution in [0.25, 0.3) is 5.13 Å². The molecule has 0 saturated heterocycles. The van der Waals surface area contributed by atoms with Crippen LogP contribution in [0.15, 0.2) is 48.1 Å². The highest BCUT2D eigenvalue weighted by Gasteiger charge is 2.12. The van der Waals surface area contributed by atoms with Crippen molar-refractivity contribution in [2.24, 2.45) is 0 Å². The molecular weight excluding hydrogens is 326 g/mol. The van der Waals surface area contributed by atoms with Crippen LogP contribution in [-0.4, -0.2) is 29.7 Å². The van der Waals surface area contributed by atoms with Crippen LogP contribution in [0.2, 0.25) is 0 Å². The minimum atomic E-state index is -0.161. The van der Waals surface area contributed by atoms with Crippen LogP contribution in [0.3, 0.4) is 0 Å². The van der Waals surface area contributed by atoms with E-state index in [1.807, 2.05) is 34.5 Å². The number of amides is 1. The lowest BCUT2D eigenvalue weighted by Gasteiger charge is -2.11. The van der Waals surface area contributed by atoms with E-state index in [-0.39, 0.29) is 12.3 Å². The largest absolute Gasteiger partial charge is 0.497 e. The molecule has 3 rings (SSSR count). The number of rotatable bonds is 6. The van der Waals surface area contributed by atoms with Gasteiger partial charge in [0, 0.05) is 23.8 Å². The average Bonchev–Trinajstić information content (AvgIpc) is 3.25. The van der Waals surface area contributed by atoms with E-state index in [1.54, 1.807) is 32.4 Å². The van der Waals surface area contributed by atoms with Crippen molar-refractivity contribution in [3.8, 4) is 16.6 Å². The number of benzene rings is 1. The van der Waals surface area contributed by atoms with Crippen molar-refractivity contribution in [2.45, 2.75) is 6.42 Å². The lowest BCUT2D eigenvalue weighted by Crippen LogP contribution is -2.15. The molecule has 0 aliphatic rings. The Balaban J connectivity index is 1.70. The SMILES string of the molecule is COc1ccc(OC)c(NC(=O)Cc2csc(-n3cccc3)n2)c1. The minimum Gasteiger partial charge on any atom is -0.497 e. The van der Waals surface area contributed by atoms with Crippen molar-refractivity contribution in [3.05, 3.63) is 53.8 Å². The van der Waals surface area contributed by atoms with Gasteiger partial charge in [-0.3, -0.25) is 4.79 Å². The smallest absolute Gasteiger partial charge is 0.230 e. The second-order valence-electron chi connectivity index (χ2n) is 5.00. The summed E-state index contributed by atoms with van der Waals surface area (Å²) < 4.78 is 12.4. The third-order valence-electron chi connectivity index (χ3n) is 3.39. The van der Waals surface area contributed by atoms with Crippen molar-refractivity contribution in [1.29, 1.82) is 0 Å². The second kappa shape index (κ2) is 7.18. The highest BCUT2D eigenvalue weighted by molar-refractivity contribution is 7.12. The molecule has 0 unspecified atom stereocenters. The van der Waals surface area contributed by atoms with Crippen molar-refractivity contribution in [3.63, 3.8) is 0 Å². The fourth-order valence-electron chi connectivity index (χ4n) is 2.23. The Morgan fingerprint density at radius 2 is 2.04 bits per heavy atom. The molecule has 124 valence electrons. The number of aromatic nitrogens is 2. The molecule has 0 aliphatic carbocycles. The molecule has 0 aliphatic heterocycles. The second-order valence-corrected chi connectivity index (χ2v) is 5.84. The number of hydrogen-bond donors (Lipinski definition) is 1. The average molecular weight is 343 g/mol. The van der Waals surface area contributed by atoms with Gasteiger partial charge in [0.05, 0.1) is 32.0 Å². The molecule has 0 fully saturated rings. The van der Waals surface area contributed by atoms with Gasteiger partial charge in [-0.05, 0) is 24.3 Å². The van der Waals surface area contributed by atoms with Gasteiger partial charge in [0.25, 0.3) is 0 Å². The van der Waals surface area contributed by atoms with Gasteiger partial charge in [-0.25, -0.2) is 4.98 Å². The molecule has 0 atom stereocenters. The van der Waals surface area contributed by atoms with Gasteiger partial charge in [-0.15, -0.1) is 11.3 Å². The van der Waals surface area contributed by atoms with Crippen LogP contribution in [0.1, 0.15) is 5.69 Å². The van der Waals surface area contributed by atoms with Gasteiger partial charge < -0.3 is 19.4 Å². The molecule has 0 saturated carbocycles. The predicted molar refractivity (Wildman–Crippen MR) is 93.3 cm³/mol. The molecule has 1 amide bonds. The number of ether oxygens (including phenoxy) is 2. The van der Waals surface area contributed by atoms with Crippen LogP contribution in [0.5, 0.6) is 11.5 Å². The molecule has 2 heterocycles.